The fourth-order valence-corrected chi connectivity index (χ4v) is 3.46. The van der Waals surface area contributed by atoms with Crippen molar-refractivity contribution in [3.05, 3.63) is 16.4 Å². The lowest BCUT2D eigenvalue weighted by Gasteiger charge is -2.35. The fourth-order valence-electron chi connectivity index (χ4n) is 2.86. The molecule has 1 saturated heterocycles. The summed E-state index contributed by atoms with van der Waals surface area (Å²) in [6.45, 7) is 6.81. The summed E-state index contributed by atoms with van der Waals surface area (Å²) >= 11 is 11.7. The van der Waals surface area contributed by atoms with E-state index in [9.17, 15) is 0 Å². The van der Waals surface area contributed by atoms with Gasteiger partial charge in [-0.2, -0.15) is 5.10 Å². The Hall–Kier alpha value is -0.650. The Morgan fingerprint density at radius 2 is 2.20 bits per heavy atom. The van der Waals surface area contributed by atoms with Crippen LogP contribution in [0.3, 0.4) is 0 Å². The number of likely N-dealkylation sites (tertiary alicyclic amines) is 1. The lowest BCUT2D eigenvalue weighted by Crippen LogP contribution is -2.46. The number of hydrogen-bond acceptors (Lipinski definition) is 3. The van der Waals surface area contributed by atoms with E-state index < -0.39 is 0 Å². The summed E-state index contributed by atoms with van der Waals surface area (Å²) in [6, 6.07) is 0.195. The van der Waals surface area contributed by atoms with E-state index in [1.165, 1.54) is 12.8 Å². The zero-order chi connectivity index (χ0) is 14.7. The first-order valence-corrected chi connectivity index (χ1v) is 8.14. The van der Waals surface area contributed by atoms with Crippen LogP contribution in [0.1, 0.15) is 44.5 Å². The SMILES string of the molecule is CCc1nn(CC)c(CN2CCCCC2C(N)=S)c1Cl. The maximum Gasteiger partial charge on any atom is 0.0902 e. The molecule has 1 aromatic rings. The molecular weight excluding hydrogens is 292 g/mol. The monoisotopic (exact) mass is 314 g/mol. The van der Waals surface area contributed by atoms with E-state index in [0.29, 0.717) is 4.99 Å². The second-order valence-electron chi connectivity index (χ2n) is 5.26. The van der Waals surface area contributed by atoms with Gasteiger partial charge in [0.2, 0.25) is 0 Å². The Morgan fingerprint density at radius 3 is 2.80 bits per heavy atom. The van der Waals surface area contributed by atoms with Crippen LogP contribution < -0.4 is 5.73 Å². The van der Waals surface area contributed by atoms with Crippen LogP contribution in [-0.4, -0.2) is 32.3 Å². The van der Waals surface area contributed by atoms with E-state index in [1.807, 2.05) is 4.68 Å². The molecule has 1 atom stereocenters. The second-order valence-corrected chi connectivity index (χ2v) is 6.11. The zero-order valence-electron chi connectivity index (χ0n) is 12.2. The summed E-state index contributed by atoms with van der Waals surface area (Å²) in [4.78, 5) is 2.94. The van der Waals surface area contributed by atoms with Gasteiger partial charge in [0.25, 0.3) is 0 Å². The van der Waals surface area contributed by atoms with Crippen LogP contribution in [-0.2, 0) is 19.5 Å². The molecule has 20 heavy (non-hydrogen) atoms. The third-order valence-corrected chi connectivity index (χ3v) is 4.70. The molecule has 112 valence electrons. The minimum Gasteiger partial charge on any atom is -0.392 e. The minimum absolute atomic E-state index is 0.195. The van der Waals surface area contributed by atoms with Gasteiger partial charge in [-0.1, -0.05) is 37.2 Å². The summed E-state index contributed by atoms with van der Waals surface area (Å²) in [5, 5.41) is 5.38. The van der Waals surface area contributed by atoms with Crippen LogP contribution in [0.15, 0.2) is 0 Å². The molecule has 0 spiro atoms. The van der Waals surface area contributed by atoms with Gasteiger partial charge in [0.05, 0.1) is 27.4 Å². The maximum atomic E-state index is 6.48. The molecule has 4 nitrogen and oxygen atoms in total. The molecule has 1 aromatic heterocycles. The number of piperidine rings is 1. The molecule has 0 aliphatic carbocycles. The van der Waals surface area contributed by atoms with Gasteiger partial charge in [0.1, 0.15) is 0 Å². The van der Waals surface area contributed by atoms with Crippen molar-refractivity contribution in [1.82, 2.24) is 14.7 Å². The molecule has 0 aromatic carbocycles. The van der Waals surface area contributed by atoms with Crippen LogP contribution in [0.25, 0.3) is 0 Å². The first-order chi connectivity index (χ1) is 9.58. The van der Waals surface area contributed by atoms with E-state index in [-0.39, 0.29) is 6.04 Å². The van der Waals surface area contributed by atoms with E-state index in [0.717, 1.165) is 48.9 Å². The van der Waals surface area contributed by atoms with Crippen LogP contribution in [0, 0.1) is 0 Å². The van der Waals surface area contributed by atoms with Gasteiger partial charge < -0.3 is 5.73 Å². The highest BCUT2D eigenvalue weighted by Crippen LogP contribution is 2.26. The average Bonchev–Trinajstić information content (AvgIpc) is 2.75. The molecule has 2 N–H and O–H groups in total. The maximum absolute atomic E-state index is 6.48. The Labute approximate surface area is 131 Å². The van der Waals surface area contributed by atoms with Crippen molar-refractivity contribution in [3.63, 3.8) is 0 Å². The molecule has 1 aliphatic rings. The second kappa shape index (κ2) is 6.87. The number of thiocarbonyl (C=S) groups is 1. The van der Waals surface area contributed by atoms with Gasteiger partial charge in [-0.05, 0) is 32.7 Å². The van der Waals surface area contributed by atoms with Crippen LogP contribution in [0.5, 0.6) is 0 Å². The fraction of sp³-hybridized carbons (Fsp3) is 0.714. The van der Waals surface area contributed by atoms with Crippen molar-refractivity contribution in [2.75, 3.05) is 6.54 Å². The molecule has 1 aliphatic heterocycles. The molecule has 0 saturated carbocycles. The predicted octanol–water partition coefficient (Wildman–Crippen LogP) is 2.76. The van der Waals surface area contributed by atoms with Crippen LogP contribution in [0.4, 0.5) is 0 Å². The zero-order valence-corrected chi connectivity index (χ0v) is 13.8. The lowest BCUT2D eigenvalue weighted by molar-refractivity contribution is 0.180. The summed E-state index contributed by atoms with van der Waals surface area (Å²) in [5.41, 5.74) is 7.96. The predicted molar refractivity (Wildman–Crippen MR) is 87.1 cm³/mol. The quantitative estimate of drug-likeness (QED) is 0.849. The Balaban J connectivity index is 2.23. The highest BCUT2D eigenvalue weighted by Gasteiger charge is 2.27. The third kappa shape index (κ3) is 3.15. The molecule has 2 rings (SSSR count). The van der Waals surface area contributed by atoms with Crippen LogP contribution in [0.2, 0.25) is 5.02 Å². The lowest BCUT2D eigenvalue weighted by atomic mass is 10.0. The summed E-state index contributed by atoms with van der Waals surface area (Å²) in [7, 11) is 0. The molecule has 6 heteroatoms. The van der Waals surface area contributed by atoms with Gasteiger partial charge in [0.15, 0.2) is 0 Å². The highest BCUT2D eigenvalue weighted by atomic mass is 35.5. The van der Waals surface area contributed by atoms with Gasteiger partial charge in [-0.15, -0.1) is 0 Å². The van der Waals surface area contributed by atoms with Crippen LogP contribution >= 0.6 is 23.8 Å². The average molecular weight is 315 g/mol. The first kappa shape index (κ1) is 15.7. The number of rotatable bonds is 5. The summed E-state index contributed by atoms with van der Waals surface area (Å²) < 4.78 is 2.01. The number of hydrogen-bond donors (Lipinski definition) is 1. The molecule has 0 radical (unpaired) electrons. The minimum atomic E-state index is 0.195. The number of aromatic nitrogens is 2. The van der Waals surface area contributed by atoms with E-state index >= 15 is 0 Å². The Bertz CT molecular complexity index is 486. The first-order valence-electron chi connectivity index (χ1n) is 7.35. The summed E-state index contributed by atoms with van der Waals surface area (Å²) in [6.07, 6.45) is 4.29. The largest absolute Gasteiger partial charge is 0.392 e. The smallest absolute Gasteiger partial charge is 0.0902 e. The van der Waals surface area contributed by atoms with Gasteiger partial charge in [-0.25, -0.2) is 0 Å². The molecule has 0 bridgehead atoms. The van der Waals surface area contributed by atoms with E-state index in [1.54, 1.807) is 0 Å². The molecule has 1 fully saturated rings. The number of nitrogens with zero attached hydrogens (tertiary/aromatic N) is 3. The van der Waals surface area contributed by atoms with Gasteiger partial charge >= 0.3 is 0 Å². The van der Waals surface area contributed by atoms with Crippen molar-refractivity contribution < 1.29 is 0 Å². The third-order valence-electron chi connectivity index (χ3n) is 3.99. The van der Waals surface area contributed by atoms with Crippen molar-refractivity contribution in [3.8, 4) is 0 Å². The summed E-state index contributed by atoms with van der Waals surface area (Å²) in [5.74, 6) is 0. The van der Waals surface area contributed by atoms with Crippen molar-refractivity contribution in [2.24, 2.45) is 5.73 Å². The molecule has 1 unspecified atom stereocenters. The van der Waals surface area contributed by atoms with E-state index in [2.05, 4.69) is 23.8 Å². The van der Waals surface area contributed by atoms with Gasteiger partial charge in [0, 0.05) is 13.1 Å². The number of halogens is 1. The highest BCUT2D eigenvalue weighted by molar-refractivity contribution is 7.80. The van der Waals surface area contributed by atoms with Crippen molar-refractivity contribution in [1.29, 1.82) is 0 Å². The topological polar surface area (TPSA) is 47.1 Å². The normalized spacial score (nSPS) is 20.2. The number of aryl methyl sites for hydroxylation is 2. The molecule has 0 amide bonds. The van der Waals surface area contributed by atoms with Crippen molar-refractivity contribution in [2.45, 2.75) is 58.7 Å². The Kier molecular flexibility index (Phi) is 5.41. The molecule has 2 heterocycles. The van der Waals surface area contributed by atoms with Gasteiger partial charge in [-0.3, -0.25) is 9.58 Å². The Morgan fingerprint density at radius 1 is 1.45 bits per heavy atom. The number of nitrogens with two attached hydrogens (primary N) is 1. The standard InChI is InChI=1S/C14H23ClN4S/c1-3-10-13(15)12(19(4-2)17-10)9-18-8-6-5-7-11(18)14(16)20/h11H,3-9H2,1-2H3,(H2,16,20). The molecular formula is C14H23ClN4S. The van der Waals surface area contributed by atoms with E-state index in [4.69, 9.17) is 29.6 Å². The van der Waals surface area contributed by atoms with Crippen molar-refractivity contribution >= 4 is 28.8 Å².